The average molecular weight is 124 g/mol. The van der Waals surface area contributed by atoms with Gasteiger partial charge in [0.2, 0.25) is 0 Å². The van der Waals surface area contributed by atoms with Crippen LogP contribution < -0.4 is 0 Å². The van der Waals surface area contributed by atoms with Gasteiger partial charge in [-0.05, 0) is 19.3 Å². The third-order valence-electron chi connectivity index (χ3n) is 1.26. The normalized spacial score (nSPS) is 9.78. The molecule has 0 aromatic carbocycles. The van der Waals surface area contributed by atoms with Crippen molar-refractivity contribution in [2.45, 2.75) is 27.2 Å². The predicted octanol–water partition coefficient (Wildman–Crippen LogP) is 3.16. The maximum atomic E-state index is 3.89. The zero-order valence-electron chi connectivity index (χ0n) is 6.70. The van der Waals surface area contributed by atoms with E-state index in [0.717, 1.165) is 12.0 Å². The lowest BCUT2D eigenvalue weighted by molar-refractivity contribution is 0.647. The minimum absolute atomic E-state index is 0.703. The molecule has 0 aliphatic carbocycles. The van der Waals surface area contributed by atoms with Crippen LogP contribution in [0, 0.1) is 5.92 Å². The second-order valence-corrected chi connectivity index (χ2v) is 2.98. The zero-order chi connectivity index (χ0) is 7.44. The van der Waals surface area contributed by atoms with E-state index in [4.69, 9.17) is 0 Å². The number of hydrogen-bond acceptors (Lipinski definition) is 0. The average Bonchev–Trinajstić information content (AvgIpc) is 1.63. The van der Waals surface area contributed by atoms with Gasteiger partial charge < -0.3 is 0 Å². The molecular formula is C9H16. The summed E-state index contributed by atoms with van der Waals surface area (Å²) in [4.78, 5) is 0. The van der Waals surface area contributed by atoms with Gasteiger partial charge in [-0.2, -0.15) is 0 Å². The smallest absolute Gasteiger partial charge is 0.0259 e. The Hall–Kier alpha value is -0.520. The molecule has 0 fully saturated rings. The predicted molar refractivity (Wildman–Crippen MR) is 43.4 cm³/mol. The van der Waals surface area contributed by atoms with Gasteiger partial charge in [-0.3, -0.25) is 0 Å². The molecule has 0 amide bonds. The second-order valence-electron chi connectivity index (χ2n) is 2.98. The summed E-state index contributed by atoms with van der Waals surface area (Å²) in [6.45, 7) is 14.1. The lowest BCUT2D eigenvalue weighted by atomic mass is 10.0. The van der Waals surface area contributed by atoms with Gasteiger partial charge in [0.1, 0.15) is 0 Å². The molecule has 0 saturated carbocycles. The molecule has 0 heteroatoms. The molecule has 0 radical (unpaired) electrons. The molecule has 0 aliphatic rings. The SMILES string of the molecule is C=C(C)C(=C)CC(C)C. The van der Waals surface area contributed by atoms with E-state index < -0.39 is 0 Å². The fraction of sp³-hybridized carbons (Fsp3) is 0.556. The van der Waals surface area contributed by atoms with E-state index in [1.54, 1.807) is 0 Å². The first-order valence-corrected chi connectivity index (χ1v) is 3.37. The van der Waals surface area contributed by atoms with Gasteiger partial charge in [0, 0.05) is 0 Å². The first kappa shape index (κ1) is 8.48. The third-order valence-corrected chi connectivity index (χ3v) is 1.26. The van der Waals surface area contributed by atoms with Crippen LogP contribution in [0.3, 0.4) is 0 Å². The van der Waals surface area contributed by atoms with Crippen LogP contribution in [0.4, 0.5) is 0 Å². The van der Waals surface area contributed by atoms with Crippen LogP contribution in [-0.4, -0.2) is 0 Å². The fourth-order valence-corrected chi connectivity index (χ4v) is 0.667. The minimum Gasteiger partial charge on any atom is -0.0959 e. The summed E-state index contributed by atoms with van der Waals surface area (Å²) in [7, 11) is 0. The molecule has 0 aliphatic heterocycles. The van der Waals surface area contributed by atoms with Crippen molar-refractivity contribution in [2.24, 2.45) is 5.92 Å². The number of rotatable bonds is 3. The largest absolute Gasteiger partial charge is 0.0959 e. The second kappa shape index (κ2) is 3.49. The molecular weight excluding hydrogens is 108 g/mol. The Morgan fingerprint density at radius 2 is 1.78 bits per heavy atom. The summed E-state index contributed by atoms with van der Waals surface area (Å²) < 4.78 is 0. The minimum atomic E-state index is 0.703. The quantitative estimate of drug-likeness (QED) is 0.507. The monoisotopic (exact) mass is 124 g/mol. The van der Waals surface area contributed by atoms with E-state index in [1.165, 1.54) is 5.57 Å². The van der Waals surface area contributed by atoms with E-state index in [9.17, 15) is 0 Å². The Morgan fingerprint density at radius 3 is 1.89 bits per heavy atom. The molecule has 0 heterocycles. The van der Waals surface area contributed by atoms with Crippen molar-refractivity contribution < 1.29 is 0 Å². The zero-order valence-corrected chi connectivity index (χ0v) is 6.70. The summed E-state index contributed by atoms with van der Waals surface area (Å²) in [6, 6.07) is 0. The van der Waals surface area contributed by atoms with Gasteiger partial charge in [-0.25, -0.2) is 0 Å². The standard InChI is InChI=1S/C9H16/c1-7(2)6-9(5)8(3)4/h7H,3,5-6H2,1-2,4H3. The Bertz CT molecular complexity index is 118. The summed E-state index contributed by atoms with van der Waals surface area (Å²) in [5.41, 5.74) is 2.30. The Labute approximate surface area is 58.3 Å². The highest BCUT2D eigenvalue weighted by atomic mass is 14.0. The highest BCUT2D eigenvalue weighted by Gasteiger charge is 1.97. The van der Waals surface area contributed by atoms with Gasteiger partial charge in [0.05, 0.1) is 0 Å². The maximum Gasteiger partial charge on any atom is -0.0259 e. The molecule has 0 bridgehead atoms. The third kappa shape index (κ3) is 4.01. The lowest BCUT2D eigenvalue weighted by Gasteiger charge is -2.06. The molecule has 0 rings (SSSR count). The first-order valence-electron chi connectivity index (χ1n) is 3.37. The van der Waals surface area contributed by atoms with Crippen LogP contribution in [0.5, 0.6) is 0 Å². The van der Waals surface area contributed by atoms with Crippen molar-refractivity contribution in [1.29, 1.82) is 0 Å². The molecule has 9 heavy (non-hydrogen) atoms. The summed E-state index contributed by atoms with van der Waals surface area (Å²) >= 11 is 0. The lowest BCUT2D eigenvalue weighted by Crippen LogP contribution is -1.90. The van der Waals surface area contributed by atoms with Gasteiger partial charge in [-0.15, -0.1) is 0 Å². The number of allylic oxidation sites excluding steroid dienone is 2. The van der Waals surface area contributed by atoms with Gasteiger partial charge >= 0.3 is 0 Å². The summed E-state index contributed by atoms with van der Waals surface area (Å²) in [5, 5.41) is 0. The van der Waals surface area contributed by atoms with Crippen molar-refractivity contribution in [3.8, 4) is 0 Å². The van der Waals surface area contributed by atoms with Crippen LogP contribution >= 0.6 is 0 Å². The molecule has 0 nitrogen and oxygen atoms in total. The van der Waals surface area contributed by atoms with Crippen molar-refractivity contribution in [1.82, 2.24) is 0 Å². The van der Waals surface area contributed by atoms with Crippen molar-refractivity contribution in [3.63, 3.8) is 0 Å². The molecule has 0 unspecified atom stereocenters. The Balaban J connectivity index is 3.65. The maximum absolute atomic E-state index is 3.89. The molecule has 0 atom stereocenters. The van der Waals surface area contributed by atoms with Crippen molar-refractivity contribution in [2.75, 3.05) is 0 Å². The van der Waals surface area contributed by atoms with Gasteiger partial charge in [-0.1, -0.05) is 38.2 Å². The van der Waals surface area contributed by atoms with Crippen LogP contribution in [0.1, 0.15) is 27.2 Å². The first-order chi connectivity index (χ1) is 4.04. The molecule has 0 aromatic heterocycles. The van der Waals surface area contributed by atoms with Crippen LogP contribution in [0.25, 0.3) is 0 Å². The fourth-order valence-electron chi connectivity index (χ4n) is 0.667. The highest BCUT2D eigenvalue weighted by Crippen LogP contribution is 2.14. The van der Waals surface area contributed by atoms with Crippen LogP contribution in [0.15, 0.2) is 24.3 Å². The Kier molecular flexibility index (Phi) is 3.29. The number of hydrogen-bond donors (Lipinski definition) is 0. The molecule has 0 aromatic rings. The van der Waals surface area contributed by atoms with Crippen molar-refractivity contribution in [3.05, 3.63) is 24.3 Å². The van der Waals surface area contributed by atoms with E-state index in [1.807, 2.05) is 6.92 Å². The van der Waals surface area contributed by atoms with Crippen LogP contribution in [-0.2, 0) is 0 Å². The molecule has 0 saturated heterocycles. The molecule has 52 valence electrons. The molecule has 0 spiro atoms. The van der Waals surface area contributed by atoms with E-state index >= 15 is 0 Å². The van der Waals surface area contributed by atoms with Gasteiger partial charge in [0.25, 0.3) is 0 Å². The highest BCUT2D eigenvalue weighted by molar-refractivity contribution is 5.22. The van der Waals surface area contributed by atoms with Gasteiger partial charge in [0.15, 0.2) is 0 Å². The van der Waals surface area contributed by atoms with E-state index in [0.29, 0.717) is 5.92 Å². The Morgan fingerprint density at radius 1 is 1.33 bits per heavy atom. The van der Waals surface area contributed by atoms with Crippen molar-refractivity contribution >= 4 is 0 Å². The van der Waals surface area contributed by atoms with Crippen LogP contribution in [0.2, 0.25) is 0 Å². The summed E-state index contributed by atoms with van der Waals surface area (Å²) in [5.74, 6) is 0.703. The van der Waals surface area contributed by atoms with E-state index in [2.05, 4.69) is 27.0 Å². The summed E-state index contributed by atoms with van der Waals surface area (Å²) in [6.07, 6.45) is 1.08. The topological polar surface area (TPSA) is 0 Å². The van der Waals surface area contributed by atoms with E-state index in [-0.39, 0.29) is 0 Å². The molecule has 0 N–H and O–H groups in total.